The highest BCUT2D eigenvalue weighted by Crippen LogP contribution is 2.23. The minimum absolute atomic E-state index is 0.0196. The number of guanidine groups is 2. The zero-order valence-corrected chi connectivity index (χ0v) is 76.2. The largest absolute Gasteiger partial charge is 0.508 e. The SMILES string of the molecule is CC(=O)NC1CCC/C=C\CC(C(=O)N[C@@H](Cc2ccc(O)cc2)C(=O)N[C@@H](Cc2c[nH]c3ccccc23)C(=O)N[C@@H](CCCNC(=N)N)C(=O)N[C@@H](CCCCN)C(=O)N[C@@H](Cc2ccccc2)C(=O)NCC(=O)NCCOCC(=O)N[C@H](CCCCN)C(N)=O)NC(=O)[C@H](CCC(N)=O)NC(=O)[C@H](Cc2c[nH]c3ccccc23)NC(=O)[C@H]([C@@H](C)O)NC(=O)[C@H](CCCNC(=N)N)NC1=O. The molecule has 7 rings (SSSR count). The topological polar surface area (TPSA) is 751 Å². The molecule has 3 heterocycles. The summed E-state index contributed by atoms with van der Waals surface area (Å²) in [7, 11) is 0. The number of aliphatic hydroxyl groups excluding tert-OH is 1. The number of unbranched alkanes of at least 4 members (excludes halogenated alkanes) is 2. The molecule has 0 spiro atoms. The van der Waals surface area contributed by atoms with Gasteiger partial charge >= 0.3 is 0 Å². The molecule has 45 nitrogen and oxygen atoms in total. The Hall–Kier alpha value is -14.6. The first kappa shape index (κ1) is 108. The van der Waals surface area contributed by atoms with Crippen LogP contribution in [-0.2, 0) is 107 Å². The van der Waals surface area contributed by atoms with Gasteiger partial charge in [0, 0.05) is 92.9 Å². The van der Waals surface area contributed by atoms with E-state index < -0.39 is 218 Å². The number of hydrogen-bond acceptors (Lipinski definition) is 23. The van der Waals surface area contributed by atoms with Crippen LogP contribution in [0.25, 0.3) is 21.8 Å². The van der Waals surface area contributed by atoms with E-state index in [4.69, 9.17) is 50.0 Å². The number of phenols is 1. The highest BCUT2D eigenvalue weighted by atomic mass is 16.5. The molecule has 0 fully saturated rings. The summed E-state index contributed by atoms with van der Waals surface area (Å²) in [5, 5.41) is 80.8. The van der Waals surface area contributed by atoms with Crippen molar-refractivity contribution in [3.8, 4) is 5.75 Å². The number of aromatic hydroxyl groups is 1. The number of ether oxygens (including phenoxy) is 1. The molecule has 0 radical (unpaired) electrons. The fourth-order valence-electron chi connectivity index (χ4n) is 14.9. The second-order valence-electron chi connectivity index (χ2n) is 33.0. The van der Waals surface area contributed by atoms with Gasteiger partial charge in [-0.2, -0.15) is 0 Å². The maximum atomic E-state index is 15.7. The lowest BCUT2D eigenvalue weighted by atomic mass is 10.0. The van der Waals surface area contributed by atoms with E-state index in [2.05, 4.69) is 95.0 Å². The highest BCUT2D eigenvalue weighted by molar-refractivity contribution is 6.01. The monoisotopic (exact) mass is 1890 g/mol. The van der Waals surface area contributed by atoms with Gasteiger partial charge in [0.25, 0.3) is 0 Å². The zero-order valence-electron chi connectivity index (χ0n) is 76.2. The number of primary amides is 2. The highest BCUT2D eigenvalue weighted by Gasteiger charge is 2.39. The van der Waals surface area contributed by atoms with Crippen molar-refractivity contribution in [2.24, 2.45) is 34.4 Å². The number of benzene rings is 4. The third kappa shape index (κ3) is 37.8. The summed E-state index contributed by atoms with van der Waals surface area (Å²) in [6.07, 6.45) is 3.78. The van der Waals surface area contributed by atoms with Crippen LogP contribution in [-0.4, -0.2) is 258 Å². The molecule has 16 amide bonds. The number of phenolic OH excluding ortho intramolecular Hbond substituents is 1. The molecule has 1 aliphatic rings. The second kappa shape index (κ2) is 57.1. The normalized spacial score (nSPS) is 18.1. The molecule has 13 atom stereocenters. The first-order valence-corrected chi connectivity index (χ1v) is 45.2. The smallest absolute Gasteiger partial charge is 0.246 e. The Labute approximate surface area is 785 Å². The number of aliphatic hydroxyl groups is 1. The van der Waals surface area contributed by atoms with E-state index >= 15 is 28.8 Å². The van der Waals surface area contributed by atoms with E-state index in [1.54, 1.807) is 97.3 Å². The number of allylic oxidation sites excluding steroid dienone is 1. The Morgan fingerprint density at radius 3 is 1.61 bits per heavy atom. The summed E-state index contributed by atoms with van der Waals surface area (Å²) >= 11 is 0. The lowest BCUT2D eigenvalue weighted by molar-refractivity contribution is -0.137. The van der Waals surface area contributed by atoms with Crippen molar-refractivity contribution in [3.63, 3.8) is 0 Å². The number of para-hydroxylation sites is 2. The van der Waals surface area contributed by atoms with Crippen LogP contribution in [0, 0.1) is 10.8 Å². The molecule has 738 valence electrons. The number of fused-ring (bicyclic) bond motifs is 2. The fourth-order valence-corrected chi connectivity index (χ4v) is 14.9. The van der Waals surface area contributed by atoms with Crippen molar-refractivity contribution >= 4 is 128 Å². The summed E-state index contributed by atoms with van der Waals surface area (Å²) in [4.78, 5) is 234. The number of nitrogens with two attached hydrogens (primary N) is 6. The first-order chi connectivity index (χ1) is 65.1. The van der Waals surface area contributed by atoms with Crippen LogP contribution in [0.2, 0.25) is 0 Å². The van der Waals surface area contributed by atoms with Gasteiger partial charge in [-0.1, -0.05) is 91.0 Å². The van der Waals surface area contributed by atoms with E-state index in [0.29, 0.717) is 69.9 Å². The van der Waals surface area contributed by atoms with Crippen molar-refractivity contribution in [3.05, 3.63) is 150 Å². The third-order valence-electron chi connectivity index (χ3n) is 22.2. The second-order valence-corrected chi connectivity index (χ2v) is 33.0. The Morgan fingerprint density at radius 1 is 0.500 bits per heavy atom. The number of H-pyrrole nitrogens is 2. The quantitative estimate of drug-likeness (QED) is 0.00744. The summed E-state index contributed by atoms with van der Waals surface area (Å²) in [6.45, 7) is 1.61. The standard InChI is InChI=1S/C91H130N26O19/c1-52(118)77-89(135)116-73(47-57-49-104-62-25-13-11-23-60(57)62)88(134)112-69(36-37-74(94)121)84(130)109-65(28-9-4-3-8-27-64(106-53(2)119)80(126)110-68(85(131)117-77)31-19-41-102-91(98)99)83(129)114-71(45-55-32-34-58(120)35-33-55)86(132)115-72(46-56-48-103-61-24-12-10-22-59(56)61)87(133)111-67(30-18-40-101-90(96)97)81(127)108-66(29-15-17-39-93)82(128)113-70(44-54-20-6-5-7-21-54)79(125)105-50-75(122)100-42-43-136-51-76(123)107-63(78(95)124)26-14-16-38-92/h4-7,9-13,20-25,32-35,48-49,52,63-73,77,103-104,118,120H,3,8,14-19,26-31,36-47,50-51,92-93H2,1-2H3,(H2,94,121)(H2,95,124)(H,100,122)(H,105,125)(H,106,119)(H,107,123)(H,108,127)(H,109,130)(H,110,126)(H,111,133)(H,112,134)(H,113,128)(H,114,129)(H,115,132)(H,116,135)(H,117,131)(H4,96,97,101)(H4,98,99,102)/b9-4-/t52-,63-,64?,65?,66+,67+,68+,69+,70+,71+,72+,73+,77+/m1/s1. The van der Waals surface area contributed by atoms with Crippen LogP contribution in [0.5, 0.6) is 5.75 Å². The van der Waals surface area contributed by atoms with Gasteiger partial charge in [0.2, 0.25) is 94.5 Å². The fraction of sp³-hybridized carbons (Fsp3) is 0.473. The number of aromatic amines is 2. The zero-order chi connectivity index (χ0) is 99.2. The van der Waals surface area contributed by atoms with Crippen LogP contribution < -0.4 is 119 Å². The van der Waals surface area contributed by atoms with Gasteiger partial charge in [-0.05, 0) is 163 Å². The molecule has 34 N–H and O–H groups in total. The molecule has 0 bridgehead atoms. The van der Waals surface area contributed by atoms with Crippen molar-refractivity contribution in [1.29, 1.82) is 10.8 Å². The van der Waals surface area contributed by atoms with Gasteiger partial charge in [0.15, 0.2) is 11.9 Å². The van der Waals surface area contributed by atoms with E-state index in [1.165, 1.54) is 37.3 Å². The molecule has 0 saturated carbocycles. The van der Waals surface area contributed by atoms with Crippen molar-refractivity contribution < 1.29 is 91.7 Å². The average Bonchev–Trinajstić information content (AvgIpc) is 1.56. The Bertz CT molecular complexity index is 5090. The molecule has 4 aromatic carbocycles. The third-order valence-corrected chi connectivity index (χ3v) is 22.2. The number of aromatic nitrogens is 2. The molecule has 0 aliphatic carbocycles. The summed E-state index contributed by atoms with van der Waals surface area (Å²) in [5.41, 5.74) is 36.9. The maximum absolute atomic E-state index is 15.7. The number of nitrogens with one attached hydrogen (secondary N) is 20. The van der Waals surface area contributed by atoms with Gasteiger partial charge < -0.3 is 144 Å². The van der Waals surface area contributed by atoms with Crippen molar-refractivity contribution in [1.82, 2.24) is 95.0 Å². The maximum Gasteiger partial charge on any atom is 0.246 e. The van der Waals surface area contributed by atoms with Gasteiger partial charge in [-0.25, -0.2) is 0 Å². The molecule has 0 saturated heterocycles. The van der Waals surface area contributed by atoms with Crippen LogP contribution in [0.1, 0.15) is 139 Å². The number of hydrogen-bond donors (Lipinski definition) is 28. The van der Waals surface area contributed by atoms with Gasteiger partial charge in [0.1, 0.15) is 84.9 Å². The van der Waals surface area contributed by atoms with Crippen LogP contribution >= 0.6 is 0 Å². The van der Waals surface area contributed by atoms with Crippen LogP contribution in [0.3, 0.4) is 0 Å². The molecular formula is C91H130N26O19. The molecule has 2 unspecified atom stereocenters. The summed E-state index contributed by atoms with van der Waals surface area (Å²) in [5.74, 6) is -15.5. The number of carbonyl (C=O) groups excluding carboxylic acids is 16. The van der Waals surface area contributed by atoms with Gasteiger partial charge in [0.05, 0.1) is 19.3 Å². The van der Waals surface area contributed by atoms with E-state index in [0.717, 1.165) is 6.92 Å². The van der Waals surface area contributed by atoms with E-state index in [1.807, 2.05) is 0 Å². The molecular weight excluding hydrogens is 1760 g/mol. The lowest BCUT2D eigenvalue weighted by Crippen LogP contribution is -2.62. The number of rotatable bonds is 49. The minimum atomic E-state index is -1.85. The first-order valence-electron chi connectivity index (χ1n) is 45.2. The van der Waals surface area contributed by atoms with Gasteiger partial charge in [-0.3, -0.25) is 87.5 Å². The van der Waals surface area contributed by atoms with Crippen molar-refractivity contribution in [2.45, 2.75) is 221 Å². The summed E-state index contributed by atoms with van der Waals surface area (Å²) < 4.78 is 5.38. The van der Waals surface area contributed by atoms with Crippen LogP contribution in [0.15, 0.2) is 128 Å². The van der Waals surface area contributed by atoms with Crippen LogP contribution in [0.4, 0.5) is 0 Å². The molecule has 2 aromatic heterocycles. The molecule has 136 heavy (non-hydrogen) atoms. The Kier molecular flexibility index (Phi) is 45.5. The molecule has 6 aromatic rings. The minimum Gasteiger partial charge on any atom is -0.508 e. The molecule has 45 heteroatoms. The molecule has 1 aliphatic heterocycles. The van der Waals surface area contributed by atoms with Crippen molar-refractivity contribution in [2.75, 3.05) is 52.5 Å². The predicted octanol–water partition coefficient (Wildman–Crippen LogP) is -4.24. The van der Waals surface area contributed by atoms with E-state index in [9.17, 15) is 58.2 Å². The Balaban J connectivity index is 1.22. The van der Waals surface area contributed by atoms with E-state index in [-0.39, 0.29) is 128 Å². The number of amides is 16. The average molecular weight is 1890 g/mol. The van der Waals surface area contributed by atoms with Gasteiger partial charge in [-0.15, -0.1) is 0 Å². The Morgan fingerprint density at radius 2 is 1.01 bits per heavy atom. The lowest BCUT2D eigenvalue weighted by Gasteiger charge is -2.29. The number of carbonyl (C=O) groups is 16. The summed E-state index contributed by atoms with van der Waals surface area (Å²) in [6, 6.07) is 9.42. The predicted molar refractivity (Wildman–Crippen MR) is 503 cm³/mol.